The summed E-state index contributed by atoms with van der Waals surface area (Å²) >= 11 is 0. The molecule has 0 aromatic heterocycles. The Bertz CT molecular complexity index is 1010. The van der Waals surface area contributed by atoms with Crippen molar-refractivity contribution in [2.45, 2.75) is 13.8 Å². The minimum absolute atomic E-state index is 0.0750. The number of nitriles is 1. The van der Waals surface area contributed by atoms with Gasteiger partial charge < -0.3 is 9.64 Å². The van der Waals surface area contributed by atoms with E-state index in [-0.39, 0.29) is 23.5 Å². The van der Waals surface area contributed by atoms with E-state index in [2.05, 4.69) is 16.8 Å². The first-order valence-electron chi connectivity index (χ1n) is 9.13. The van der Waals surface area contributed by atoms with Crippen LogP contribution in [0.1, 0.15) is 19.4 Å². The van der Waals surface area contributed by atoms with Crippen LogP contribution in [0, 0.1) is 21.4 Å². The molecule has 0 atom stereocenters. The fraction of sp³-hybridized carbons (Fsp3) is 0.238. The van der Waals surface area contributed by atoms with Gasteiger partial charge in [0.15, 0.2) is 0 Å². The molecule has 0 radical (unpaired) electrons. The lowest BCUT2D eigenvalue weighted by Gasteiger charge is -2.22. The summed E-state index contributed by atoms with van der Waals surface area (Å²) < 4.78 is 5.13. The number of nitro benzene ring substituents is 1. The number of azo groups is 1. The number of nitrogens with zero attached hydrogens (tertiary/aromatic N) is 5. The number of non-ortho nitro benzene ring substituents is 1. The highest BCUT2D eigenvalue weighted by molar-refractivity contribution is 5.86. The van der Waals surface area contributed by atoms with E-state index in [1.165, 1.54) is 12.1 Å². The molecule has 0 aliphatic heterocycles. The molecular weight excluding hydrogens is 386 g/mol. The number of rotatable bonds is 9. The topological polar surface area (TPSA) is 121 Å². The number of hydrogen-bond acceptors (Lipinski definition) is 8. The minimum atomic E-state index is -0.570. The standard InChI is InChI=1S/C21H21N5O4/c1-4-25(11-12-30-21(27)15(2)3)18-7-5-17(6-8-18)23-24-20-10-9-19(26(28)29)13-16(20)14-22/h5-10,13H,2,4,11-12H2,1,3H3. The number of nitro groups is 1. The van der Waals surface area contributed by atoms with Gasteiger partial charge in [0.05, 0.1) is 22.7 Å². The highest BCUT2D eigenvalue weighted by Crippen LogP contribution is 2.27. The molecule has 30 heavy (non-hydrogen) atoms. The van der Waals surface area contributed by atoms with Crippen LogP contribution in [0.3, 0.4) is 0 Å². The van der Waals surface area contributed by atoms with Crippen LogP contribution in [0.2, 0.25) is 0 Å². The summed E-state index contributed by atoms with van der Waals surface area (Å²) in [5.41, 5.74) is 2.00. The lowest BCUT2D eigenvalue weighted by atomic mass is 10.2. The molecule has 0 aliphatic rings. The number of esters is 1. The van der Waals surface area contributed by atoms with Crippen molar-refractivity contribution in [3.63, 3.8) is 0 Å². The second-order valence-electron chi connectivity index (χ2n) is 6.28. The lowest BCUT2D eigenvalue weighted by molar-refractivity contribution is -0.384. The zero-order valence-corrected chi connectivity index (χ0v) is 16.7. The van der Waals surface area contributed by atoms with Crippen LogP contribution in [0.25, 0.3) is 0 Å². The van der Waals surface area contributed by atoms with E-state index in [0.29, 0.717) is 17.8 Å². The quantitative estimate of drug-likeness (QED) is 0.193. The number of anilines is 1. The van der Waals surface area contributed by atoms with Gasteiger partial charge in [-0.3, -0.25) is 10.1 Å². The second kappa shape index (κ2) is 10.5. The third-order valence-electron chi connectivity index (χ3n) is 4.12. The summed E-state index contributed by atoms with van der Waals surface area (Å²) in [7, 11) is 0. The van der Waals surface area contributed by atoms with Gasteiger partial charge in [-0.15, -0.1) is 5.11 Å². The number of likely N-dealkylation sites (N-methyl/N-ethyl adjacent to an activating group) is 1. The van der Waals surface area contributed by atoms with Gasteiger partial charge in [0, 0.05) is 29.9 Å². The van der Waals surface area contributed by atoms with E-state index in [0.717, 1.165) is 18.3 Å². The predicted octanol–water partition coefficient (Wildman–Crippen LogP) is 4.83. The highest BCUT2D eigenvalue weighted by atomic mass is 16.6. The van der Waals surface area contributed by atoms with Crippen molar-refractivity contribution in [3.8, 4) is 6.07 Å². The van der Waals surface area contributed by atoms with E-state index < -0.39 is 10.9 Å². The zero-order valence-electron chi connectivity index (χ0n) is 16.7. The van der Waals surface area contributed by atoms with Gasteiger partial charge in [0.2, 0.25) is 0 Å². The fourth-order valence-corrected chi connectivity index (χ4v) is 2.50. The molecule has 0 fully saturated rings. The molecular formula is C21H21N5O4. The molecule has 0 saturated carbocycles. The summed E-state index contributed by atoms with van der Waals surface area (Å²) in [6.07, 6.45) is 0. The van der Waals surface area contributed by atoms with Gasteiger partial charge in [-0.25, -0.2) is 4.79 Å². The molecule has 0 bridgehead atoms. The Morgan fingerprint density at radius 1 is 1.27 bits per heavy atom. The Hall–Kier alpha value is -4.06. The number of carbonyl (C=O) groups excluding carboxylic acids is 1. The first kappa shape index (κ1) is 22.2. The van der Waals surface area contributed by atoms with Crippen molar-refractivity contribution in [2.75, 3.05) is 24.6 Å². The number of hydrogen-bond donors (Lipinski definition) is 0. The Labute approximate surface area is 174 Å². The predicted molar refractivity (Wildman–Crippen MR) is 112 cm³/mol. The molecule has 0 spiro atoms. The molecule has 0 heterocycles. The summed E-state index contributed by atoms with van der Waals surface area (Å²) in [4.78, 5) is 23.7. The van der Waals surface area contributed by atoms with Crippen molar-refractivity contribution in [1.82, 2.24) is 0 Å². The summed E-state index contributed by atoms with van der Waals surface area (Å²) in [6.45, 7) is 8.64. The fourth-order valence-electron chi connectivity index (χ4n) is 2.50. The minimum Gasteiger partial charge on any atom is -0.460 e. The average Bonchev–Trinajstić information content (AvgIpc) is 2.75. The lowest BCUT2D eigenvalue weighted by Crippen LogP contribution is -2.28. The zero-order chi connectivity index (χ0) is 22.1. The molecule has 0 amide bonds. The maximum absolute atomic E-state index is 11.5. The van der Waals surface area contributed by atoms with E-state index >= 15 is 0 Å². The maximum atomic E-state index is 11.5. The van der Waals surface area contributed by atoms with Crippen molar-refractivity contribution in [1.29, 1.82) is 5.26 Å². The van der Waals surface area contributed by atoms with Crippen molar-refractivity contribution < 1.29 is 14.5 Å². The van der Waals surface area contributed by atoms with Gasteiger partial charge >= 0.3 is 5.97 Å². The molecule has 9 heteroatoms. The van der Waals surface area contributed by atoms with Crippen LogP contribution in [0.5, 0.6) is 0 Å². The van der Waals surface area contributed by atoms with E-state index in [1.54, 1.807) is 19.1 Å². The monoisotopic (exact) mass is 407 g/mol. The van der Waals surface area contributed by atoms with Crippen LogP contribution in [0.4, 0.5) is 22.7 Å². The van der Waals surface area contributed by atoms with E-state index in [1.807, 2.05) is 30.0 Å². The van der Waals surface area contributed by atoms with Crippen molar-refractivity contribution in [2.24, 2.45) is 10.2 Å². The smallest absolute Gasteiger partial charge is 0.333 e. The van der Waals surface area contributed by atoms with E-state index in [9.17, 15) is 14.9 Å². The van der Waals surface area contributed by atoms with Gasteiger partial charge in [0.1, 0.15) is 18.4 Å². The van der Waals surface area contributed by atoms with Crippen LogP contribution in [-0.4, -0.2) is 30.6 Å². The van der Waals surface area contributed by atoms with Crippen LogP contribution < -0.4 is 4.90 Å². The first-order chi connectivity index (χ1) is 14.3. The largest absolute Gasteiger partial charge is 0.460 e. The summed E-state index contributed by atoms with van der Waals surface area (Å²) in [5.74, 6) is -0.412. The summed E-state index contributed by atoms with van der Waals surface area (Å²) in [5, 5.41) is 28.1. The summed E-state index contributed by atoms with van der Waals surface area (Å²) in [6, 6.07) is 13.0. The van der Waals surface area contributed by atoms with Crippen LogP contribution >= 0.6 is 0 Å². The third-order valence-corrected chi connectivity index (χ3v) is 4.12. The Balaban J connectivity index is 2.06. The molecule has 154 valence electrons. The molecule has 0 aliphatic carbocycles. The molecule has 2 aromatic carbocycles. The average molecular weight is 407 g/mol. The molecule has 2 aromatic rings. The Kier molecular flexibility index (Phi) is 7.76. The van der Waals surface area contributed by atoms with Gasteiger partial charge in [-0.1, -0.05) is 6.58 Å². The number of carbonyl (C=O) groups is 1. The normalized spacial score (nSPS) is 10.4. The first-order valence-corrected chi connectivity index (χ1v) is 9.13. The van der Waals surface area contributed by atoms with Gasteiger partial charge in [0.25, 0.3) is 5.69 Å². The van der Waals surface area contributed by atoms with Crippen LogP contribution in [-0.2, 0) is 9.53 Å². The van der Waals surface area contributed by atoms with Crippen molar-refractivity contribution in [3.05, 3.63) is 70.3 Å². The number of ether oxygens (including phenoxy) is 1. The van der Waals surface area contributed by atoms with Crippen molar-refractivity contribution >= 4 is 28.7 Å². The van der Waals surface area contributed by atoms with E-state index in [4.69, 9.17) is 10.00 Å². The maximum Gasteiger partial charge on any atom is 0.333 e. The Morgan fingerprint density at radius 2 is 1.97 bits per heavy atom. The molecule has 9 nitrogen and oxygen atoms in total. The molecule has 0 N–H and O–H groups in total. The number of benzene rings is 2. The highest BCUT2D eigenvalue weighted by Gasteiger charge is 2.11. The molecule has 0 saturated heterocycles. The SMILES string of the molecule is C=C(C)C(=O)OCCN(CC)c1ccc(N=Nc2ccc([N+](=O)[O-])cc2C#N)cc1. The molecule has 0 unspecified atom stereocenters. The van der Waals surface area contributed by atoms with Gasteiger partial charge in [-0.2, -0.15) is 10.4 Å². The Morgan fingerprint density at radius 3 is 2.53 bits per heavy atom. The van der Waals surface area contributed by atoms with Crippen LogP contribution in [0.15, 0.2) is 64.8 Å². The third kappa shape index (κ3) is 5.97. The molecule has 2 rings (SSSR count). The van der Waals surface area contributed by atoms with Gasteiger partial charge in [-0.05, 0) is 44.2 Å². The second-order valence-corrected chi connectivity index (χ2v) is 6.28.